The lowest BCUT2D eigenvalue weighted by atomic mass is 9.82. The van der Waals surface area contributed by atoms with Crippen molar-refractivity contribution in [2.45, 2.75) is 59.8 Å². The summed E-state index contributed by atoms with van der Waals surface area (Å²) in [5.41, 5.74) is 27.2. The second-order valence-electron chi connectivity index (χ2n) is 21.4. The van der Waals surface area contributed by atoms with Gasteiger partial charge in [-0.1, -0.05) is 172 Å². The van der Waals surface area contributed by atoms with Crippen molar-refractivity contribution in [3.8, 4) is 55.6 Å². The molecule has 0 saturated heterocycles. The van der Waals surface area contributed by atoms with E-state index in [9.17, 15) is 0 Å². The van der Waals surface area contributed by atoms with E-state index in [1.165, 1.54) is 115 Å². The van der Waals surface area contributed by atoms with E-state index in [4.69, 9.17) is 0 Å². The second kappa shape index (κ2) is 19.0. The third-order valence-electron chi connectivity index (χ3n) is 16.3. The van der Waals surface area contributed by atoms with Gasteiger partial charge >= 0.3 is 0 Å². The van der Waals surface area contributed by atoms with Crippen molar-refractivity contribution in [2.75, 3.05) is 9.80 Å². The number of nitrogens with zero attached hydrogens (tertiary/aromatic N) is 2. The largest absolute Gasteiger partial charge is 0.314 e. The molecule has 0 fully saturated rings. The number of fused-ring (bicyclic) bond motifs is 6. The molecule has 2 aliphatic rings. The van der Waals surface area contributed by atoms with Gasteiger partial charge in [0, 0.05) is 49.3 Å². The molecule has 0 atom stereocenters. The van der Waals surface area contributed by atoms with Gasteiger partial charge in [0.25, 0.3) is 0 Å². The maximum atomic E-state index is 2.55. The van der Waals surface area contributed by atoms with Gasteiger partial charge in [-0.05, 0) is 202 Å². The Morgan fingerprint density at radius 3 is 1.72 bits per heavy atom. The molecule has 2 aliphatic carbocycles. The molecule has 0 aliphatic heterocycles. The van der Waals surface area contributed by atoms with E-state index in [1.807, 2.05) is 11.3 Å². The molecule has 1 heterocycles. The van der Waals surface area contributed by atoms with Crippen molar-refractivity contribution < 1.29 is 0 Å². The molecule has 0 amide bonds. The fraction of sp³-hybridized carbons (Fsp3) is 0.123. The van der Waals surface area contributed by atoms with Crippen LogP contribution in [-0.4, -0.2) is 0 Å². The summed E-state index contributed by atoms with van der Waals surface area (Å²) in [6.07, 6.45) is 8.75. The highest BCUT2D eigenvalue weighted by Crippen LogP contribution is 2.52. The Labute approximate surface area is 452 Å². The van der Waals surface area contributed by atoms with Crippen molar-refractivity contribution in [1.29, 1.82) is 0 Å². The topological polar surface area (TPSA) is 6.48 Å². The van der Waals surface area contributed by atoms with E-state index in [0.717, 1.165) is 41.3 Å². The van der Waals surface area contributed by atoms with Gasteiger partial charge in [-0.3, -0.25) is 0 Å². The van der Waals surface area contributed by atoms with Crippen molar-refractivity contribution >= 4 is 59.9 Å². The lowest BCUT2D eigenvalue weighted by molar-refractivity contribution is 0.660. The summed E-state index contributed by atoms with van der Waals surface area (Å²) in [6.45, 7) is 13.7. The van der Waals surface area contributed by atoms with Gasteiger partial charge in [0.15, 0.2) is 0 Å². The molecule has 10 aromatic carbocycles. The average Bonchev–Trinajstić information content (AvgIpc) is 4.00. The number of aryl methyl sites for hydroxylation is 4. The van der Waals surface area contributed by atoms with E-state index in [0.29, 0.717) is 0 Å². The highest BCUT2D eigenvalue weighted by Gasteiger charge is 2.35. The number of allylic oxidation sites excluding steroid dienone is 4. The number of hydrogen-bond donors (Lipinski definition) is 0. The predicted molar refractivity (Wildman–Crippen MR) is 327 cm³/mol. The summed E-state index contributed by atoms with van der Waals surface area (Å²) in [4.78, 5) is 5.07. The van der Waals surface area contributed by atoms with Crippen LogP contribution in [0.15, 0.2) is 236 Å². The summed E-state index contributed by atoms with van der Waals surface area (Å²) in [5, 5.41) is 2.50. The lowest BCUT2D eigenvalue weighted by Crippen LogP contribution is -2.18. The molecule has 0 spiro atoms. The van der Waals surface area contributed by atoms with Crippen LogP contribution >= 0.6 is 11.3 Å². The standard InChI is InChI=1S/C73H60N2S/c1-47-19-13-15-25-60(47)62-38-37-57(41-50(62)4)75(58-34-29-49(3)64(44-58)61-26-16-14-20-48(61)2)70-46-59(74(55-23-11-8-12-24-55)56-35-30-52(31-36-56)51-21-9-7-10-22-51)45-67-66-43-54(33-40-71(66)76-72(67)70)53-32-39-69-65(42-53)63-27-17-18-28-68(63)73(69,5)6/h7-11,13-23,25-46H,12,24H2,1-6H3. The Morgan fingerprint density at radius 2 is 0.987 bits per heavy atom. The summed E-state index contributed by atoms with van der Waals surface area (Å²) < 4.78 is 2.51. The fourth-order valence-corrected chi connectivity index (χ4v) is 13.4. The van der Waals surface area contributed by atoms with E-state index in [2.05, 4.69) is 282 Å². The molecule has 0 saturated carbocycles. The molecule has 2 nitrogen and oxygen atoms in total. The Kier molecular flexibility index (Phi) is 11.8. The number of thiophene rings is 1. The van der Waals surface area contributed by atoms with Crippen LogP contribution in [0.4, 0.5) is 28.4 Å². The number of rotatable bonds is 10. The first-order chi connectivity index (χ1) is 37.1. The van der Waals surface area contributed by atoms with Gasteiger partial charge in [-0.15, -0.1) is 11.3 Å². The van der Waals surface area contributed by atoms with E-state index < -0.39 is 0 Å². The van der Waals surface area contributed by atoms with Crippen LogP contribution in [-0.2, 0) is 5.41 Å². The van der Waals surface area contributed by atoms with Crippen molar-refractivity contribution in [2.24, 2.45) is 0 Å². The number of anilines is 5. The summed E-state index contributed by atoms with van der Waals surface area (Å²) in [7, 11) is 0. The molecule has 0 radical (unpaired) electrons. The third kappa shape index (κ3) is 8.18. The first-order valence-electron chi connectivity index (χ1n) is 26.8. The minimum Gasteiger partial charge on any atom is -0.314 e. The molecule has 76 heavy (non-hydrogen) atoms. The van der Waals surface area contributed by atoms with Crippen LogP contribution in [0.25, 0.3) is 75.8 Å². The molecule has 3 heteroatoms. The lowest BCUT2D eigenvalue weighted by Gasteiger charge is -2.32. The Hall–Kier alpha value is -8.50. The minimum absolute atomic E-state index is 0.0502. The van der Waals surface area contributed by atoms with Gasteiger partial charge in [0.2, 0.25) is 0 Å². The predicted octanol–water partition coefficient (Wildman–Crippen LogP) is 21.1. The molecule has 11 aromatic rings. The summed E-state index contributed by atoms with van der Waals surface area (Å²) >= 11 is 1.90. The van der Waals surface area contributed by atoms with Crippen molar-refractivity contribution in [3.63, 3.8) is 0 Å². The number of benzene rings is 10. The van der Waals surface area contributed by atoms with E-state index in [1.54, 1.807) is 0 Å². The Bertz CT molecular complexity index is 4130. The minimum atomic E-state index is -0.0502. The quantitative estimate of drug-likeness (QED) is 0.135. The van der Waals surface area contributed by atoms with Crippen LogP contribution in [0.2, 0.25) is 0 Å². The highest BCUT2D eigenvalue weighted by atomic mass is 32.1. The molecule has 0 bridgehead atoms. The highest BCUT2D eigenvalue weighted by molar-refractivity contribution is 7.26. The monoisotopic (exact) mass is 996 g/mol. The van der Waals surface area contributed by atoms with Gasteiger partial charge in [-0.25, -0.2) is 0 Å². The second-order valence-corrected chi connectivity index (χ2v) is 22.5. The van der Waals surface area contributed by atoms with Gasteiger partial charge in [0.1, 0.15) is 0 Å². The number of hydrogen-bond acceptors (Lipinski definition) is 3. The molecular weight excluding hydrogens is 937 g/mol. The maximum absolute atomic E-state index is 2.55. The first kappa shape index (κ1) is 47.2. The fourth-order valence-electron chi connectivity index (χ4n) is 12.2. The van der Waals surface area contributed by atoms with Crippen LogP contribution < -0.4 is 9.80 Å². The van der Waals surface area contributed by atoms with E-state index >= 15 is 0 Å². The van der Waals surface area contributed by atoms with Crippen LogP contribution in [0.5, 0.6) is 0 Å². The maximum Gasteiger partial charge on any atom is 0.0661 e. The zero-order valence-electron chi connectivity index (χ0n) is 44.2. The zero-order valence-corrected chi connectivity index (χ0v) is 45.0. The summed E-state index contributed by atoms with van der Waals surface area (Å²) in [6, 6.07) is 79.8. The molecule has 13 rings (SSSR count). The molecule has 1 aromatic heterocycles. The molecular formula is C73H60N2S. The van der Waals surface area contributed by atoms with Crippen LogP contribution in [0.1, 0.15) is 60.1 Å². The van der Waals surface area contributed by atoms with Crippen molar-refractivity contribution in [1.82, 2.24) is 0 Å². The Balaban J connectivity index is 1.07. The average molecular weight is 997 g/mol. The first-order valence-corrected chi connectivity index (χ1v) is 27.6. The smallest absolute Gasteiger partial charge is 0.0661 e. The molecule has 368 valence electrons. The van der Waals surface area contributed by atoms with Gasteiger partial charge in [0.05, 0.1) is 10.4 Å². The van der Waals surface area contributed by atoms with Crippen LogP contribution in [0, 0.1) is 27.7 Å². The van der Waals surface area contributed by atoms with Gasteiger partial charge in [-0.2, -0.15) is 0 Å². The molecule has 0 unspecified atom stereocenters. The third-order valence-corrected chi connectivity index (χ3v) is 17.5. The molecule has 0 N–H and O–H groups in total. The Morgan fingerprint density at radius 1 is 0.395 bits per heavy atom. The SMILES string of the molecule is Cc1ccccc1-c1ccc(N(c2ccc(C)c(-c3ccccc3C)c2)c2cc(N(C3=CC=CCC3)c3ccc(-c4ccccc4)cc3)cc3c2sc2ccc(-c4ccc5c(c4)-c4ccccc4C5(C)C)cc23)cc1C. The van der Waals surface area contributed by atoms with Gasteiger partial charge < -0.3 is 9.80 Å². The summed E-state index contributed by atoms with van der Waals surface area (Å²) in [5.74, 6) is 0. The zero-order chi connectivity index (χ0) is 51.7. The van der Waals surface area contributed by atoms with Crippen molar-refractivity contribution in [3.05, 3.63) is 270 Å². The van der Waals surface area contributed by atoms with E-state index in [-0.39, 0.29) is 5.41 Å². The normalized spacial score (nSPS) is 13.4. The van der Waals surface area contributed by atoms with Crippen LogP contribution in [0.3, 0.4) is 0 Å².